The Morgan fingerprint density at radius 1 is 1.37 bits per heavy atom. The molecule has 3 rings (SSSR count). The van der Waals surface area contributed by atoms with Gasteiger partial charge in [-0.05, 0) is 0 Å². The first-order valence-corrected chi connectivity index (χ1v) is 5.09. The first-order chi connectivity index (χ1) is 9.08. The second-order valence-corrected chi connectivity index (χ2v) is 3.70. The second kappa shape index (κ2) is 3.87. The maximum Gasteiger partial charge on any atom is 0.374 e. The third kappa shape index (κ3) is 1.65. The van der Waals surface area contributed by atoms with Crippen LogP contribution in [0.15, 0.2) is 16.7 Å². The summed E-state index contributed by atoms with van der Waals surface area (Å²) in [5.74, 6) is -3.22. The lowest BCUT2D eigenvalue weighted by Crippen LogP contribution is -1.94. The van der Waals surface area contributed by atoms with E-state index >= 15 is 0 Å². The molecule has 0 bridgehead atoms. The monoisotopic (exact) mass is 267 g/mol. The molecule has 98 valence electrons. The van der Waals surface area contributed by atoms with E-state index in [9.17, 15) is 14.3 Å². The van der Waals surface area contributed by atoms with Crippen molar-refractivity contribution >= 4 is 5.97 Å². The molecule has 2 aromatic rings. The van der Waals surface area contributed by atoms with Gasteiger partial charge in [-0.3, -0.25) is 0 Å². The predicted octanol–water partition coefficient (Wildman–Crippen LogP) is 1.61. The van der Waals surface area contributed by atoms with E-state index in [4.69, 9.17) is 14.6 Å². The predicted molar refractivity (Wildman–Crippen MR) is 56.6 cm³/mol. The fourth-order valence-electron chi connectivity index (χ4n) is 1.73. The van der Waals surface area contributed by atoms with Gasteiger partial charge in [-0.2, -0.15) is 0 Å². The highest BCUT2D eigenvalue weighted by molar-refractivity contribution is 5.87. The molecule has 0 fully saturated rings. The van der Waals surface area contributed by atoms with Crippen molar-refractivity contribution in [2.24, 2.45) is 0 Å². The Labute approximate surface area is 104 Å². The topological polar surface area (TPSA) is 102 Å². The van der Waals surface area contributed by atoms with Gasteiger partial charge in [0, 0.05) is 12.1 Å². The van der Waals surface area contributed by atoms with Gasteiger partial charge in [0.25, 0.3) is 0 Å². The number of ether oxygens (including phenoxy) is 2. The third-order valence-corrected chi connectivity index (χ3v) is 2.57. The van der Waals surface area contributed by atoms with Crippen LogP contribution in [0.1, 0.15) is 10.6 Å². The van der Waals surface area contributed by atoms with Crippen molar-refractivity contribution in [3.05, 3.63) is 23.7 Å². The molecule has 0 saturated heterocycles. The second-order valence-electron chi connectivity index (χ2n) is 3.70. The maximum atomic E-state index is 13.5. The molecule has 0 aliphatic carbocycles. The van der Waals surface area contributed by atoms with Crippen molar-refractivity contribution < 1.29 is 33.4 Å². The van der Waals surface area contributed by atoms with Crippen LogP contribution in [-0.4, -0.2) is 28.1 Å². The first kappa shape index (κ1) is 11.3. The minimum atomic E-state index is -1.33. The quantitative estimate of drug-likeness (QED) is 0.852. The highest BCUT2D eigenvalue weighted by Crippen LogP contribution is 2.47. The number of carboxylic acids is 1. The van der Waals surface area contributed by atoms with Crippen LogP contribution in [0, 0.1) is 5.82 Å². The number of hydrogen-bond donors (Lipinski definition) is 2. The van der Waals surface area contributed by atoms with E-state index in [1.807, 2.05) is 0 Å². The van der Waals surface area contributed by atoms with Crippen LogP contribution in [0.2, 0.25) is 0 Å². The van der Waals surface area contributed by atoms with Gasteiger partial charge in [0.05, 0.1) is 5.56 Å². The van der Waals surface area contributed by atoms with Gasteiger partial charge in [0.1, 0.15) is 5.69 Å². The van der Waals surface area contributed by atoms with Crippen molar-refractivity contribution in [3.63, 3.8) is 0 Å². The number of aromatic carboxylic acids is 1. The van der Waals surface area contributed by atoms with Crippen LogP contribution in [0.5, 0.6) is 17.2 Å². The number of carbonyl (C=O) groups is 1. The van der Waals surface area contributed by atoms with Crippen LogP contribution >= 0.6 is 0 Å². The molecule has 2 heterocycles. The van der Waals surface area contributed by atoms with Crippen molar-refractivity contribution in [1.82, 2.24) is 5.16 Å². The van der Waals surface area contributed by atoms with Crippen molar-refractivity contribution in [3.8, 4) is 28.5 Å². The van der Waals surface area contributed by atoms with Crippen LogP contribution in [-0.2, 0) is 0 Å². The summed E-state index contributed by atoms with van der Waals surface area (Å²) < 4.78 is 28.2. The molecule has 0 unspecified atom stereocenters. The Balaban J connectivity index is 2.21. The average molecular weight is 267 g/mol. The van der Waals surface area contributed by atoms with E-state index in [1.165, 1.54) is 0 Å². The van der Waals surface area contributed by atoms with Crippen LogP contribution in [0.4, 0.5) is 4.39 Å². The molecule has 8 heteroatoms. The molecule has 0 radical (unpaired) electrons. The number of aromatic nitrogens is 1. The Hall–Kier alpha value is -2.77. The summed E-state index contributed by atoms with van der Waals surface area (Å²) in [5, 5.41) is 21.9. The maximum absolute atomic E-state index is 13.5. The van der Waals surface area contributed by atoms with Gasteiger partial charge in [0.2, 0.25) is 12.6 Å². The summed E-state index contributed by atoms with van der Waals surface area (Å²) in [7, 11) is 0. The molecule has 0 spiro atoms. The third-order valence-electron chi connectivity index (χ3n) is 2.57. The van der Waals surface area contributed by atoms with Gasteiger partial charge < -0.3 is 24.2 Å². The first-order valence-electron chi connectivity index (χ1n) is 5.09. The highest BCUT2D eigenvalue weighted by atomic mass is 19.1. The summed E-state index contributed by atoms with van der Waals surface area (Å²) in [6.07, 6.45) is 0. The normalized spacial score (nSPS) is 12.7. The van der Waals surface area contributed by atoms with E-state index in [1.54, 1.807) is 0 Å². The van der Waals surface area contributed by atoms with E-state index in [2.05, 4.69) is 9.68 Å². The van der Waals surface area contributed by atoms with Gasteiger partial charge in [-0.25, -0.2) is 9.18 Å². The molecule has 0 atom stereocenters. The molecule has 7 nitrogen and oxygen atoms in total. The number of carboxylic acid groups (broad SMARTS) is 1. The van der Waals surface area contributed by atoms with E-state index in [-0.39, 0.29) is 29.5 Å². The molecule has 1 aromatic heterocycles. The fourth-order valence-corrected chi connectivity index (χ4v) is 1.73. The Bertz CT molecular complexity index is 680. The summed E-state index contributed by atoms with van der Waals surface area (Å²) in [6, 6.07) is 2.03. The molecule has 2 N–H and O–H groups in total. The Morgan fingerprint density at radius 3 is 2.84 bits per heavy atom. The number of benzene rings is 1. The van der Waals surface area contributed by atoms with Crippen LogP contribution < -0.4 is 9.47 Å². The molecule has 0 saturated carbocycles. The van der Waals surface area contributed by atoms with Crippen LogP contribution in [0.3, 0.4) is 0 Å². The smallest absolute Gasteiger partial charge is 0.374 e. The number of hydrogen-bond acceptors (Lipinski definition) is 6. The Kier molecular flexibility index (Phi) is 2.31. The summed E-state index contributed by atoms with van der Waals surface area (Å²) >= 11 is 0. The zero-order valence-electron chi connectivity index (χ0n) is 9.21. The van der Waals surface area contributed by atoms with Crippen molar-refractivity contribution in [1.29, 1.82) is 0 Å². The number of phenols is 1. The number of aromatic hydroxyl groups is 1. The average Bonchev–Trinajstić information content (AvgIpc) is 2.99. The van der Waals surface area contributed by atoms with E-state index in [0.717, 1.165) is 12.1 Å². The minimum Gasteiger partial charge on any atom is -0.504 e. The molecular weight excluding hydrogens is 261 g/mol. The SMILES string of the molecule is O=C(O)c1cc(-c2c(O)c(F)cc3c2OCO3)no1. The molecule has 1 aliphatic heterocycles. The van der Waals surface area contributed by atoms with E-state index < -0.39 is 23.3 Å². The minimum absolute atomic E-state index is 0.0591. The van der Waals surface area contributed by atoms with Gasteiger partial charge in [-0.15, -0.1) is 0 Å². The van der Waals surface area contributed by atoms with Gasteiger partial charge >= 0.3 is 5.97 Å². The number of nitrogens with zero attached hydrogens (tertiary/aromatic N) is 1. The standard InChI is InChI=1S/C11H6FNO6/c12-4-1-6-10(18-3-17-6)8(9(4)14)5-2-7(11(15)16)19-13-5/h1-2,14H,3H2,(H,15,16). The lowest BCUT2D eigenvalue weighted by molar-refractivity contribution is 0.0652. The van der Waals surface area contributed by atoms with Gasteiger partial charge in [0.15, 0.2) is 23.1 Å². The fraction of sp³-hybridized carbons (Fsp3) is 0.0909. The van der Waals surface area contributed by atoms with Crippen molar-refractivity contribution in [2.45, 2.75) is 0 Å². The highest BCUT2D eigenvalue weighted by Gasteiger charge is 2.28. The zero-order chi connectivity index (χ0) is 13.6. The van der Waals surface area contributed by atoms with Crippen molar-refractivity contribution in [2.75, 3.05) is 6.79 Å². The van der Waals surface area contributed by atoms with Crippen LogP contribution in [0.25, 0.3) is 11.3 Å². The number of fused-ring (bicyclic) bond motifs is 1. The number of phenolic OH excluding ortho intramolecular Hbond substituents is 1. The number of halogens is 1. The summed E-state index contributed by atoms with van der Waals surface area (Å²) in [5.41, 5.74) is -0.167. The molecule has 1 aliphatic rings. The summed E-state index contributed by atoms with van der Waals surface area (Å²) in [6.45, 7) is -0.130. The largest absolute Gasteiger partial charge is 0.504 e. The zero-order valence-corrected chi connectivity index (χ0v) is 9.21. The summed E-state index contributed by atoms with van der Waals surface area (Å²) in [4.78, 5) is 10.7. The Morgan fingerprint density at radius 2 is 2.16 bits per heavy atom. The van der Waals surface area contributed by atoms with Gasteiger partial charge in [-0.1, -0.05) is 5.16 Å². The lowest BCUT2D eigenvalue weighted by atomic mass is 10.1. The molecular formula is C11H6FNO6. The molecule has 19 heavy (non-hydrogen) atoms. The lowest BCUT2D eigenvalue weighted by Gasteiger charge is -2.06. The number of rotatable bonds is 2. The molecule has 1 aromatic carbocycles. The van der Waals surface area contributed by atoms with E-state index in [0.29, 0.717) is 0 Å². The molecule has 0 amide bonds.